The third-order valence-electron chi connectivity index (χ3n) is 7.04. The van der Waals surface area contributed by atoms with Crippen molar-refractivity contribution < 1.29 is 39.3 Å². The minimum atomic E-state index is -1.19. The Morgan fingerprint density at radius 2 is 1.83 bits per heavy atom. The van der Waals surface area contributed by atoms with Crippen molar-refractivity contribution >= 4 is 40.8 Å². The van der Waals surface area contributed by atoms with Gasteiger partial charge in [0.25, 0.3) is 11.6 Å². The Morgan fingerprint density at radius 1 is 1.14 bits per heavy atom. The van der Waals surface area contributed by atoms with E-state index in [1.54, 1.807) is 18.2 Å². The van der Waals surface area contributed by atoms with E-state index in [9.17, 15) is 34.4 Å². The smallest absolute Gasteiger partial charge is 0.333 e. The summed E-state index contributed by atoms with van der Waals surface area (Å²) >= 11 is 0. The molecular weight excluding hydrogens is 546 g/mol. The SMILES string of the molecule is C[C@@H](NC(=O)[C@@H](C)[NH+]=C(O)CCC(=O)Nc1ccc2c(c1)C(C)(C)C(=CC=C1C=C([N+](=O)[O-])C=CC1=O)N2C)C(=O)O. The normalized spacial score (nSPS) is 19.3. The number of aliphatic hydroxyl groups excluding tert-OH is 1. The molecule has 0 bridgehead atoms. The van der Waals surface area contributed by atoms with E-state index >= 15 is 0 Å². The number of rotatable bonds is 10. The van der Waals surface area contributed by atoms with E-state index in [0.717, 1.165) is 16.9 Å². The predicted molar refractivity (Wildman–Crippen MR) is 154 cm³/mol. The molecule has 3 rings (SSSR count). The third-order valence-corrected chi connectivity index (χ3v) is 7.04. The number of carbonyl (C=O) groups excluding carboxylic acids is 3. The second-order valence-electron chi connectivity index (χ2n) is 10.5. The number of amides is 2. The van der Waals surface area contributed by atoms with Crippen LogP contribution in [0.4, 0.5) is 11.4 Å². The number of nitrogens with one attached hydrogen (secondary N) is 3. The van der Waals surface area contributed by atoms with Crippen LogP contribution in [0, 0.1) is 10.1 Å². The fourth-order valence-electron chi connectivity index (χ4n) is 4.61. The van der Waals surface area contributed by atoms with Crippen molar-refractivity contribution in [3.05, 3.63) is 81.2 Å². The van der Waals surface area contributed by atoms with Crippen molar-refractivity contribution in [2.45, 2.75) is 58.0 Å². The molecule has 0 radical (unpaired) electrons. The van der Waals surface area contributed by atoms with E-state index in [0.29, 0.717) is 5.69 Å². The van der Waals surface area contributed by atoms with E-state index in [1.165, 1.54) is 32.1 Å². The number of ketones is 1. The Hall–Kier alpha value is -5.07. The number of aliphatic hydroxyl groups is 1. The number of hydrogen-bond donors (Lipinski definition) is 5. The topological polar surface area (TPSA) is 193 Å². The van der Waals surface area contributed by atoms with Crippen LogP contribution < -0.4 is 20.5 Å². The molecule has 1 heterocycles. The summed E-state index contributed by atoms with van der Waals surface area (Å²) < 4.78 is 0. The molecular formula is C29H34N5O8+. The number of aliphatic carboxylic acids is 1. The van der Waals surface area contributed by atoms with Gasteiger partial charge in [-0.05, 0) is 48.9 Å². The molecule has 2 amide bonds. The summed E-state index contributed by atoms with van der Waals surface area (Å²) in [6, 6.07) is 3.43. The molecule has 2 aliphatic rings. The molecule has 0 unspecified atom stereocenters. The molecule has 1 aromatic carbocycles. The maximum atomic E-state index is 12.6. The van der Waals surface area contributed by atoms with Gasteiger partial charge in [-0.1, -0.05) is 13.8 Å². The maximum Gasteiger partial charge on any atom is 0.333 e. The monoisotopic (exact) mass is 580 g/mol. The van der Waals surface area contributed by atoms with E-state index in [-0.39, 0.29) is 41.7 Å². The largest absolute Gasteiger partial charge is 0.480 e. The van der Waals surface area contributed by atoms with Gasteiger partial charge in [0, 0.05) is 60.6 Å². The van der Waals surface area contributed by atoms with E-state index in [4.69, 9.17) is 5.11 Å². The van der Waals surface area contributed by atoms with E-state index in [2.05, 4.69) is 15.6 Å². The van der Waals surface area contributed by atoms with Crippen LogP contribution in [-0.4, -0.2) is 63.7 Å². The first kappa shape index (κ1) is 31.5. The second kappa shape index (κ2) is 12.6. The summed E-state index contributed by atoms with van der Waals surface area (Å²) in [7, 11) is 1.87. The highest BCUT2D eigenvalue weighted by Crippen LogP contribution is 2.47. The summed E-state index contributed by atoms with van der Waals surface area (Å²) in [5.74, 6) is -2.80. The molecule has 1 aliphatic carbocycles. The Balaban J connectivity index is 1.68. The van der Waals surface area contributed by atoms with Gasteiger partial charge in [0.05, 0.1) is 11.3 Å². The molecule has 0 saturated carbocycles. The molecule has 0 saturated heterocycles. The lowest BCUT2D eigenvalue weighted by Crippen LogP contribution is -2.82. The Morgan fingerprint density at radius 3 is 2.48 bits per heavy atom. The van der Waals surface area contributed by atoms with Crippen LogP contribution in [0.25, 0.3) is 0 Å². The lowest BCUT2D eigenvalue weighted by molar-refractivity contribution is -0.493. The Kier molecular flexibility index (Phi) is 9.45. The molecule has 1 aliphatic heterocycles. The quantitative estimate of drug-likeness (QED) is 0.0890. The van der Waals surface area contributed by atoms with Crippen LogP contribution >= 0.6 is 0 Å². The van der Waals surface area contributed by atoms with Crippen LogP contribution in [0.15, 0.2) is 65.5 Å². The summed E-state index contributed by atoms with van der Waals surface area (Å²) in [6.07, 6.45) is 6.74. The Bertz CT molecular complexity index is 1480. The molecule has 0 fully saturated rings. The molecule has 0 aromatic heterocycles. The number of allylic oxidation sites excluding steroid dienone is 7. The van der Waals surface area contributed by atoms with Gasteiger partial charge < -0.3 is 25.7 Å². The Labute approximate surface area is 242 Å². The van der Waals surface area contributed by atoms with Gasteiger partial charge >= 0.3 is 11.9 Å². The van der Waals surface area contributed by atoms with Crippen LogP contribution in [0.3, 0.4) is 0 Å². The van der Waals surface area contributed by atoms with Crippen molar-refractivity contribution in [2.75, 3.05) is 17.3 Å². The average molecular weight is 581 g/mol. The minimum Gasteiger partial charge on any atom is -0.480 e. The van der Waals surface area contributed by atoms with Gasteiger partial charge in [-0.3, -0.25) is 29.3 Å². The number of carboxylic acid groups (broad SMARTS) is 1. The first-order valence-corrected chi connectivity index (χ1v) is 13.2. The molecule has 222 valence electrons. The zero-order chi connectivity index (χ0) is 31.4. The van der Waals surface area contributed by atoms with Crippen molar-refractivity contribution in [3.8, 4) is 0 Å². The number of likely N-dealkylation sites (N-methyl/N-ethyl adjacent to an activating group) is 1. The molecule has 13 nitrogen and oxygen atoms in total. The number of fused-ring (bicyclic) bond motifs is 1. The van der Waals surface area contributed by atoms with Crippen molar-refractivity contribution in [1.82, 2.24) is 5.32 Å². The molecule has 13 heteroatoms. The van der Waals surface area contributed by atoms with Gasteiger partial charge in [-0.2, -0.15) is 0 Å². The average Bonchev–Trinajstić information content (AvgIpc) is 3.10. The van der Waals surface area contributed by atoms with Crippen molar-refractivity contribution in [1.29, 1.82) is 0 Å². The van der Waals surface area contributed by atoms with Crippen LogP contribution in [0.5, 0.6) is 0 Å². The number of carboxylic acids is 1. The number of carbonyl (C=O) groups is 4. The van der Waals surface area contributed by atoms with E-state index < -0.39 is 34.3 Å². The van der Waals surface area contributed by atoms with Gasteiger partial charge in [0.1, 0.15) is 6.04 Å². The number of hydrogen-bond acceptors (Lipinski definition) is 7. The van der Waals surface area contributed by atoms with Gasteiger partial charge in [0.2, 0.25) is 11.9 Å². The van der Waals surface area contributed by atoms with Crippen LogP contribution in [0.2, 0.25) is 0 Å². The standard InChI is InChI=1S/C29H33N5O8/c1-16(27(38)31-17(2)28(39)40)30-25(36)12-13-26(37)32-19-7-9-22-21(15-19)29(3,4)24(33(22)5)11-6-18-14-20(34(41)42)8-10-23(18)35/h6-11,14-17H,12-13H2,1-5H3,(H,30,36)(H,31,38)(H,32,37)(H,39,40)/p+1/t16-,17-/m1/s1. The fraction of sp³-hybridized carbons (Fsp3) is 0.345. The summed E-state index contributed by atoms with van der Waals surface area (Å²) in [4.78, 5) is 62.9. The van der Waals surface area contributed by atoms with Crippen molar-refractivity contribution in [2.24, 2.45) is 0 Å². The molecule has 2 atom stereocenters. The minimum absolute atomic E-state index is 0.0703. The summed E-state index contributed by atoms with van der Waals surface area (Å²) in [5, 5.41) is 35.2. The van der Waals surface area contributed by atoms with Crippen molar-refractivity contribution in [3.63, 3.8) is 0 Å². The molecule has 0 spiro atoms. The first-order chi connectivity index (χ1) is 19.6. The third kappa shape index (κ3) is 7.16. The molecule has 1 aromatic rings. The van der Waals surface area contributed by atoms with Gasteiger partial charge in [-0.15, -0.1) is 0 Å². The van der Waals surface area contributed by atoms with Gasteiger partial charge in [-0.25, -0.2) is 4.99 Å². The summed E-state index contributed by atoms with van der Waals surface area (Å²) in [5.41, 5.74) is 2.67. The van der Waals surface area contributed by atoms with Crippen LogP contribution in [0.1, 0.15) is 46.1 Å². The summed E-state index contributed by atoms with van der Waals surface area (Å²) in [6.45, 7) is 6.74. The van der Waals surface area contributed by atoms with Gasteiger partial charge in [0.15, 0.2) is 5.78 Å². The van der Waals surface area contributed by atoms with Crippen LogP contribution in [-0.2, 0) is 24.6 Å². The first-order valence-electron chi connectivity index (χ1n) is 13.2. The maximum absolute atomic E-state index is 12.6. The zero-order valence-electron chi connectivity index (χ0n) is 23.9. The van der Waals surface area contributed by atoms with E-state index in [1.807, 2.05) is 37.9 Å². The zero-order valence-corrected chi connectivity index (χ0v) is 23.9. The lowest BCUT2D eigenvalue weighted by atomic mass is 9.83. The fourth-order valence-corrected chi connectivity index (χ4v) is 4.61. The lowest BCUT2D eigenvalue weighted by Gasteiger charge is -2.24. The predicted octanol–water partition coefficient (Wildman–Crippen LogP) is 1.26. The number of benzene rings is 1. The highest BCUT2D eigenvalue weighted by Gasteiger charge is 2.38. The number of nitrogens with zero attached hydrogens (tertiary/aromatic N) is 2. The molecule has 42 heavy (non-hydrogen) atoms. The highest BCUT2D eigenvalue weighted by atomic mass is 16.6. The second-order valence-corrected chi connectivity index (χ2v) is 10.5. The number of nitro groups is 1. The molecule has 5 N–H and O–H groups in total. The highest BCUT2D eigenvalue weighted by molar-refractivity contribution is 6.07. The number of anilines is 2.